The summed E-state index contributed by atoms with van der Waals surface area (Å²) in [5, 5.41) is 20.0. The molecule has 0 bridgehead atoms. The van der Waals surface area contributed by atoms with Crippen molar-refractivity contribution in [3.8, 4) is 11.5 Å². The summed E-state index contributed by atoms with van der Waals surface area (Å²) in [7, 11) is 2.12. The standard InChI is InChI=1S/C16H19NO3/c1-17-7-6-16-5-4-11(18)8-13(16)20-15-12(19)3-2-10(9-17)14(15)16/h2-5,11,13,18-19H,6-9H2,1H3/t11?,13-,16?/m0/s1. The van der Waals surface area contributed by atoms with Crippen LogP contribution in [-0.2, 0) is 12.0 Å². The third-order valence-corrected chi connectivity index (χ3v) is 4.94. The van der Waals surface area contributed by atoms with Crippen molar-refractivity contribution in [3.63, 3.8) is 0 Å². The topological polar surface area (TPSA) is 52.9 Å². The van der Waals surface area contributed by atoms with Crippen molar-refractivity contribution >= 4 is 0 Å². The average Bonchev–Trinajstić information content (AvgIpc) is 2.68. The fraction of sp³-hybridized carbons (Fsp3) is 0.500. The van der Waals surface area contributed by atoms with E-state index in [1.165, 1.54) is 5.56 Å². The maximum atomic E-state index is 10.1. The van der Waals surface area contributed by atoms with Crippen molar-refractivity contribution < 1.29 is 14.9 Å². The van der Waals surface area contributed by atoms with Gasteiger partial charge in [0.25, 0.3) is 0 Å². The van der Waals surface area contributed by atoms with Crippen LogP contribution in [0.4, 0.5) is 0 Å². The molecule has 20 heavy (non-hydrogen) atoms. The Labute approximate surface area is 118 Å². The average molecular weight is 273 g/mol. The molecule has 0 aromatic heterocycles. The molecular weight excluding hydrogens is 254 g/mol. The van der Waals surface area contributed by atoms with Gasteiger partial charge in [0.15, 0.2) is 11.5 Å². The monoisotopic (exact) mass is 273 g/mol. The third kappa shape index (κ3) is 1.49. The van der Waals surface area contributed by atoms with Gasteiger partial charge in [-0.05, 0) is 31.6 Å². The lowest BCUT2D eigenvalue weighted by Gasteiger charge is -2.35. The minimum atomic E-state index is -0.452. The van der Waals surface area contributed by atoms with Crippen LogP contribution < -0.4 is 4.74 Å². The molecule has 2 aliphatic heterocycles. The lowest BCUT2D eigenvalue weighted by Crippen LogP contribution is -2.42. The Balaban J connectivity index is 1.96. The van der Waals surface area contributed by atoms with Crippen LogP contribution in [0.15, 0.2) is 24.3 Å². The number of hydrogen-bond donors (Lipinski definition) is 2. The smallest absolute Gasteiger partial charge is 0.165 e. The summed E-state index contributed by atoms with van der Waals surface area (Å²) >= 11 is 0. The number of hydrogen-bond acceptors (Lipinski definition) is 4. The van der Waals surface area contributed by atoms with E-state index in [0.717, 1.165) is 25.1 Å². The molecule has 4 nitrogen and oxygen atoms in total. The fourth-order valence-corrected chi connectivity index (χ4v) is 3.93. The molecule has 3 atom stereocenters. The van der Waals surface area contributed by atoms with Gasteiger partial charge < -0.3 is 19.8 Å². The van der Waals surface area contributed by atoms with Gasteiger partial charge in [0.1, 0.15) is 6.10 Å². The summed E-state index contributed by atoms with van der Waals surface area (Å²) in [5.41, 5.74) is 2.17. The Morgan fingerprint density at radius 1 is 1.40 bits per heavy atom. The first-order valence-electron chi connectivity index (χ1n) is 7.18. The first-order valence-corrected chi connectivity index (χ1v) is 7.18. The van der Waals surface area contributed by atoms with Gasteiger partial charge in [-0.25, -0.2) is 0 Å². The Morgan fingerprint density at radius 2 is 2.25 bits per heavy atom. The lowest BCUT2D eigenvalue weighted by molar-refractivity contribution is 0.0822. The van der Waals surface area contributed by atoms with Crippen molar-refractivity contribution in [1.82, 2.24) is 4.90 Å². The van der Waals surface area contributed by atoms with E-state index in [2.05, 4.69) is 18.0 Å². The predicted octanol–water partition coefficient (Wildman–Crippen LogP) is 1.55. The zero-order chi connectivity index (χ0) is 13.9. The zero-order valence-electron chi connectivity index (χ0n) is 11.5. The molecule has 0 radical (unpaired) electrons. The molecule has 3 aliphatic rings. The molecule has 0 saturated heterocycles. The normalized spacial score (nSPS) is 35.1. The molecule has 1 aromatic carbocycles. The number of nitrogens with zero attached hydrogens (tertiary/aromatic N) is 1. The van der Waals surface area contributed by atoms with Gasteiger partial charge in [-0.15, -0.1) is 0 Å². The first kappa shape index (κ1) is 12.2. The third-order valence-electron chi connectivity index (χ3n) is 4.94. The van der Waals surface area contributed by atoms with Crippen LogP contribution in [0, 0.1) is 0 Å². The van der Waals surface area contributed by atoms with E-state index in [1.54, 1.807) is 6.07 Å². The minimum absolute atomic E-state index is 0.0731. The SMILES string of the molecule is CN1CCC23C=CC(O)C[C@@H]2Oc2c(O)ccc(c23)C1. The Kier molecular flexibility index (Phi) is 2.44. The van der Waals surface area contributed by atoms with Crippen LogP contribution in [0.2, 0.25) is 0 Å². The van der Waals surface area contributed by atoms with Gasteiger partial charge in [0.05, 0.1) is 11.5 Å². The fourth-order valence-electron chi connectivity index (χ4n) is 3.93. The minimum Gasteiger partial charge on any atom is -0.504 e. The van der Waals surface area contributed by atoms with Crippen LogP contribution in [0.5, 0.6) is 11.5 Å². The van der Waals surface area contributed by atoms with Crippen LogP contribution in [0.1, 0.15) is 24.0 Å². The van der Waals surface area contributed by atoms with Gasteiger partial charge in [0.2, 0.25) is 0 Å². The second-order valence-corrected chi connectivity index (χ2v) is 6.24. The van der Waals surface area contributed by atoms with E-state index in [1.807, 2.05) is 12.1 Å². The summed E-state index contributed by atoms with van der Waals surface area (Å²) in [6, 6.07) is 3.72. The highest BCUT2D eigenvalue weighted by Crippen LogP contribution is 2.55. The van der Waals surface area contributed by atoms with E-state index in [9.17, 15) is 10.2 Å². The largest absolute Gasteiger partial charge is 0.504 e. The second-order valence-electron chi connectivity index (χ2n) is 6.24. The Bertz CT molecular complexity index is 598. The zero-order valence-corrected chi connectivity index (χ0v) is 11.5. The number of rotatable bonds is 0. The number of phenolic OH excluding ortho intramolecular Hbond substituents is 1. The van der Waals surface area contributed by atoms with Gasteiger partial charge >= 0.3 is 0 Å². The van der Waals surface area contributed by atoms with Gasteiger partial charge in [0, 0.05) is 18.5 Å². The van der Waals surface area contributed by atoms with Crippen LogP contribution >= 0.6 is 0 Å². The molecule has 1 aromatic rings. The van der Waals surface area contributed by atoms with Crippen LogP contribution in [0.25, 0.3) is 0 Å². The summed E-state index contributed by atoms with van der Waals surface area (Å²) in [6.07, 6.45) is 5.02. The van der Waals surface area contributed by atoms with Crippen molar-refractivity contribution in [2.45, 2.75) is 37.0 Å². The Hall–Kier alpha value is -1.52. The van der Waals surface area contributed by atoms with Gasteiger partial charge in [-0.3, -0.25) is 0 Å². The molecule has 4 heteroatoms. The number of aliphatic hydroxyl groups excluding tert-OH is 1. The van der Waals surface area contributed by atoms with Crippen molar-refractivity contribution in [2.24, 2.45) is 0 Å². The molecule has 1 spiro atoms. The molecule has 106 valence electrons. The number of ether oxygens (including phenoxy) is 1. The number of aromatic hydroxyl groups is 1. The highest BCUT2D eigenvalue weighted by Gasteiger charge is 2.52. The van der Waals surface area contributed by atoms with E-state index < -0.39 is 6.10 Å². The summed E-state index contributed by atoms with van der Waals surface area (Å²) in [5.74, 6) is 0.839. The summed E-state index contributed by atoms with van der Waals surface area (Å²) in [4.78, 5) is 2.30. The lowest BCUT2D eigenvalue weighted by atomic mass is 9.69. The first-order chi connectivity index (χ1) is 9.60. The number of phenols is 1. The maximum absolute atomic E-state index is 10.1. The maximum Gasteiger partial charge on any atom is 0.165 e. The van der Waals surface area contributed by atoms with Crippen molar-refractivity contribution in [2.75, 3.05) is 13.6 Å². The summed E-state index contributed by atoms with van der Waals surface area (Å²) in [6.45, 7) is 1.85. The molecule has 0 saturated carbocycles. The Morgan fingerprint density at radius 3 is 3.10 bits per heavy atom. The van der Waals surface area contributed by atoms with E-state index in [0.29, 0.717) is 12.2 Å². The quantitative estimate of drug-likeness (QED) is 0.704. The molecule has 0 amide bonds. The molecular formula is C16H19NO3. The molecule has 4 rings (SSSR count). The highest BCUT2D eigenvalue weighted by atomic mass is 16.5. The number of aliphatic hydroxyl groups is 1. The van der Waals surface area contributed by atoms with Gasteiger partial charge in [-0.2, -0.15) is 0 Å². The van der Waals surface area contributed by atoms with Gasteiger partial charge in [-0.1, -0.05) is 18.2 Å². The molecule has 0 fully saturated rings. The molecule has 1 aliphatic carbocycles. The van der Waals surface area contributed by atoms with Crippen molar-refractivity contribution in [3.05, 3.63) is 35.4 Å². The van der Waals surface area contributed by atoms with E-state index >= 15 is 0 Å². The van der Waals surface area contributed by atoms with Crippen LogP contribution in [0.3, 0.4) is 0 Å². The second kappa shape index (κ2) is 3.99. The van der Waals surface area contributed by atoms with Crippen molar-refractivity contribution in [1.29, 1.82) is 0 Å². The van der Waals surface area contributed by atoms with E-state index in [4.69, 9.17) is 4.74 Å². The highest BCUT2D eigenvalue weighted by molar-refractivity contribution is 5.60. The predicted molar refractivity (Wildman–Crippen MR) is 74.9 cm³/mol. The molecule has 2 heterocycles. The van der Waals surface area contributed by atoms with Crippen LogP contribution in [-0.4, -0.2) is 40.9 Å². The van der Waals surface area contributed by atoms with E-state index in [-0.39, 0.29) is 17.3 Å². The molecule has 2 N–H and O–H groups in total. The summed E-state index contributed by atoms with van der Waals surface area (Å²) < 4.78 is 6.04. The number of benzene rings is 1. The molecule has 2 unspecified atom stereocenters.